The van der Waals surface area contributed by atoms with Crippen LogP contribution in [0.4, 0.5) is 0 Å². The van der Waals surface area contributed by atoms with E-state index in [1.807, 2.05) is 0 Å². The number of rotatable bonds is 4. The molecule has 2 rings (SSSR count). The van der Waals surface area contributed by atoms with Crippen molar-refractivity contribution in [3.05, 3.63) is 35.4 Å². The van der Waals surface area contributed by atoms with Crippen LogP contribution in [0.3, 0.4) is 0 Å². The maximum Gasteiger partial charge on any atom is 0.261 e. The molecule has 0 fully saturated rings. The average Bonchev–Trinajstić information content (AvgIpc) is 2.60. The third-order valence-electron chi connectivity index (χ3n) is 3.42. The van der Waals surface area contributed by atoms with Crippen LogP contribution in [-0.2, 0) is 0 Å². The Hall–Kier alpha value is -1.64. The van der Waals surface area contributed by atoms with Crippen molar-refractivity contribution in [2.45, 2.75) is 26.7 Å². The number of hydrogen-bond donors (Lipinski definition) is 0. The maximum atomic E-state index is 12.0. The number of hydrogen-bond acceptors (Lipinski definition) is 2. The van der Waals surface area contributed by atoms with Crippen LogP contribution in [0.5, 0.6) is 0 Å². The van der Waals surface area contributed by atoms with E-state index in [-0.39, 0.29) is 11.8 Å². The van der Waals surface area contributed by atoms with Gasteiger partial charge < -0.3 is 0 Å². The summed E-state index contributed by atoms with van der Waals surface area (Å²) in [4.78, 5) is 25.4. The monoisotopic (exact) mass is 231 g/mol. The average molecular weight is 231 g/mol. The van der Waals surface area contributed by atoms with Crippen LogP contribution in [0.25, 0.3) is 0 Å². The standard InChI is InChI=1S/C14H17NO2/c1-3-10(2)8-9-15-13(16)11-6-4-5-7-12(11)14(15)17/h4-7,10H,3,8-9H2,1-2H3. The first-order chi connectivity index (χ1) is 8.15. The van der Waals surface area contributed by atoms with E-state index < -0.39 is 0 Å². The van der Waals surface area contributed by atoms with E-state index >= 15 is 0 Å². The number of fused-ring (bicyclic) bond motifs is 1. The molecule has 1 aromatic rings. The van der Waals surface area contributed by atoms with Gasteiger partial charge in [0.05, 0.1) is 11.1 Å². The number of benzene rings is 1. The van der Waals surface area contributed by atoms with Crippen LogP contribution in [0.1, 0.15) is 47.4 Å². The van der Waals surface area contributed by atoms with Crippen molar-refractivity contribution in [1.29, 1.82) is 0 Å². The summed E-state index contributed by atoms with van der Waals surface area (Å²) >= 11 is 0. The molecule has 0 saturated heterocycles. The summed E-state index contributed by atoms with van der Waals surface area (Å²) in [7, 11) is 0. The Morgan fingerprint density at radius 3 is 2.12 bits per heavy atom. The summed E-state index contributed by atoms with van der Waals surface area (Å²) in [6.45, 7) is 4.78. The van der Waals surface area contributed by atoms with Crippen LogP contribution >= 0.6 is 0 Å². The molecule has 3 nitrogen and oxygen atoms in total. The number of amides is 2. The Balaban J connectivity index is 2.13. The van der Waals surface area contributed by atoms with Crippen LogP contribution in [0.15, 0.2) is 24.3 Å². The van der Waals surface area contributed by atoms with Crippen molar-refractivity contribution in [3.8, 4) is 0 Å². The van der Waals surface area contributed by atoms with Gasteiger partial charge in [-0.3, -0.25) is 14.5 Å². The van der Waals surface area contributed by atoms with Gasteiger partial charge in [0.15, 0.2) is 0 Å². The molecule has 0 N–H and O–H groups in total. The Morgan fingerprint density at radius 1 is 1.12 bits per heavy atom. The largest absolute Gasteiger partial charge is 0.274 e. The van der Waals surface area contributed by atoms with Crippen molar-refractivity contribution >= 4 is 11.8 Å². The molecular formula is C14H17NO2. The first-order valence-electron chi connectivity index (χ1n) is 6.10. The van der Waals surface area contributed by atoms with Crippen LogP contribution < -0.4 is 0 Å². The SMILES string of the molecule is CCC(C)CCN1C(=O)c2ccccc2C1=O. The van der Waals surface area contributed by atoms with Crippen LogP contribution in [-0.4, -0.2) is 23.3 Å². The fraction of sp³-hybridized carbons (Fsp3) is 0.429. The molecule has 1 atom stereocenters. The van der Waals surface area contributed by atoms with Gasteiger partial charge in [-0.25, -0.2) is 0 Å². The molecule has 1 unspecified atom stereocenters. The molecule has 90 valence electrons. The Morgan fingerprint density at radius 2 is 1.65 bits per heavy atom. The number of carbonyl (C=O) groups is 2. The molecule has 1 heterocycles. The van der Waals surface area contributed by atoms with Crippen molar-refractivity contribution in [3.63, 3.8) is 0 Å². The second-order valence-corrected chi connectivity index (χ2v) is 4.61. The lowest BCUT2D eigenvalue weighted by Crippen LogP contribution is -2.31. The zero-order valence-corrected chi connectivity index (χ0v) is 10.3. The molecule has 1 aliphatic rings. The Kier molecular flexibility index (Phi) is 3.27. The van der Waals surface area contributed by atoms with Gasteiger partial charge >= 0.3 is 0 Å². The van der Waals surface area contributed by atoms with E-state index in [9.17, 15) is 9.59 Å². The Labute approximate surface area is 101 Å². The second kappa shape index (κ2) is 4.70. The summed E-state index contributed by atoms with van der Waals surface area (Å²) in [5, 5.41) is 0. The summed E-state index contributed by atoms with van der Waals surface area (Å²) in [6.07, 6.45) is 1.95. The molecule has 1 aromatic carbocycles. The smallest absolute Gasteiger partial charge is 0.261 e. The van der Waals surface area contributed by atoms with Crippen molar-refractivity contribution in [2.75, 3.05) is 6.54 Å². The zero-order valence-electron chi connectivity index (χ0n) is 10.3. The number of imide groups is 1. The maximum absolute atomic E-state index is 12.0. The van der Waals surface area contributed by atoms with Gasteiger partial charge in [0, 0.05) is 6.54 Å². The van der Waals surface area contributed by atoms with Gasteiger partial charge in [0.2, 0.25) is 0 Å². The zero-order chi connectivity index (χ0) is 12.4. The lowest BCUT2D eigenvalue weighted by molar-refractivity contribution is 0.0646. The first-order valence-corrected chi connectivity index (χ1v) is 6.10. The molecule has 17 heavy (non-hydrogen) atoms. The highest BCUT2D eigenvalue weighted by Crippen LogP contribution is 2.23. The first kappa shape index (κ1) is 11.8. The summed E-state index contributed by atoms with van der Waals surface area (Å²) in [5.74, 6) is 0.252. The molecule has 3 heteroatoms. The lowest BCUT2D eigenvalue weighted by atomic mass is 10.1. The second-order valence-electron chi connectivity index (χ2n) is 4.61. The lowest BCUT2D eigenvalue weighted by Gasteiger charge is -2.16. The minimum absolute atomic E-state index is 0.145. The van der Waals surface area contributed by atoms with E-state index in [2.05, 4.69) is 13.8 Å². The number of carbonyl (C=O) groups excluding carboxylic acids is 2. The predicted molar refractivity (Wildman–Crippen MR) is 65.9 cm³/mol. The van der Waals surface area contributed by atoms with Crippen molar-refractivity contribution in [1.82, 2.24) is 4.90 Å². The minimum Gasteiger partial charge on any atom is -0.274 e. The van der Waals surface area contributed by atoms with E-state index in [4.69, 9.17) is 0 Å². The minimum atomic E-state index is -0.145. The van der Waals surface area contributed by atoms with E-state index in [1.165, 1.54) is 4.90 Å². The summed E-state index contributed by atoms with van der Waals surface area (Å²) in [6, 6.07) is 7.03. The van der Waals surface area contributed by atoms with E-state index in [0.717, 1.165) is 12.8 Å². The van der Waals surface area contributed by atoms with Crippen molar-refractivity contribution < 1.29 is 9.59 Å². The van der Waals surface area contributed by atoms with Gasteiger partial charge in [-0.2, -0.15) is 0 Å². The highest BCUT2D eigenvalue weighted by Gasteiger charge is 2.34. The van der Waals surface area contributed by atoms with Gasteiger partial charge in [-0.1, -0.05) is 32.4 Å². The highest BCUT2D eigenvalue weighted by atomic mass is 16.2. The van der Waals surface area contributed by atoms with Crippen LogP contribution in [0, 0.1) is 5.92 Å². The van der Waals surface area contributed by atoms with Gasteiger partial charge in [0.1, 0.15) is 0 Å². The molecule has 2 amide bonds. The van der Waals surface area contributed by atoms with Crippen molar-refractivity contribution in [2.24, 2.45) is 5.92 Å². The predicted octanol–water partition coefficient (Wildman–Crippen LogP) is 2.72. The normalized spacial score (nSPS) is 16.2. The quantitative estimate of drug-likeness (QED) is 0.747. The Bertz CT molecular complexity index is 418. The molecule has 0 spiro atoms. The number of nitrogens with zero attached hydrogens (tertiary/aromatic N) is 1. The summed E-state index contributed by atoms with van der Waals surface area (Å²) < 4.78 is 0. The molecule has 0 aliphatic carbocycles. The molecule has 0 radical (unpaired) electrons. The molecule has 1 aliphatic heterocycles. The fourth-order valence-corrected chi connectivity index (χ4v) is 2.00. The molecule has 0 aromatic heterocycles. The van der Waals surface area contributed by atoms with E-state index in [1.54, 1.807) is 24.3 Å². The van der Waals surface area contributed by atoms with Gasteiger partial charge in [0.25, 0.3) is 11.8 Å². The summed E-state index contributed by atoms with van der Waals surface area (Å²) in [5.41, 5.74) is 1.09. The fourth-order valence-electron chi connectivity index (χ4n) is 2.00. The molecule has 0 saturated carbocycles. The van der Waals surface area contributed by atoms with Gasteiger partial charge in [-0.15, -0.1) is 0 Å². The van der Waals surface area contributed by atoms with Crippen LogP contribution in [0.2, 0.25) is 0 Å². The third kappa shape index (κ3) is 2.09. The topological polar surface area (TPSA) is 37.4 Å². The molecular weight excluding hydrogens is 214 g/mol. The highest BCUT2D eigenvalue weighted by molar-refractivity contribution is 6.21. The molecule has 0 bridgehead atoms. The van der Waals surface area contributed by atoms with Gasteiger partial charge in [-0.05, 0) is 24.5 Å². The third-order valence-corrected chi connectivity index (χ3v) is 3.42. The van der Waals surface area contributed by atoms with E-state index in [0.29, 0.717) is 23.6 Å².